The lowest BCUT2D eigenvalue weighted by Gasteiger charge is -2.25. The fraction of sp³-hybridized carbons (Fsp3) is 0.400. The normalized spacial score (nSPS) is 17.2. The first kappa shape index (κ1) is 20.5. The van der Waals surface area contributed by atoms with Gasteiger partial charge in [0.2, 0.25) is 5.91 Å². The third kappa shape index (κ3) is 4.44. The van der Waals surface area contributed by atoms with E-state index in [2.05, 4.69) is 15.0 Å². The van der Waals surface area contributed by atoms with E-state index in [1.807, 2.05) is 24.3 Å². The summed E-state index contributed by atoms with van der Waals surface area (Å²) in [7, 11) is 1.14. The Kier molecular flexibility index (Phi) is 6.26. The average Bonchev–Trinajstić information content (AvgIpc) is 3.38. The van der Waals surface area contributed by atoms with Crippen molar-refractivity contribution in [3.05, 3.63) is 36.0 Å². The van der Waals surface area contributed by atoms with Gasteiger partial charge < -0.3 is 19.9 Å². The number of nitrogens with zero attached hydrogens (tertiary/aromatic N) is 1. The molecule has 1 aromatic carbocycles. The Morgan fingerprint density at radius 3 is 2.76 bits per heavy atom. The zero-order valence-corrected chi connectivity index (χ0v) is 15.9. The van der Waals surface area contributed by atoms with Crippen LogP contribution in [0.5, 0.6) is 0 Å². The molecule has 2 heterocycles. The molecule has 2 amide bonds. The van der Waals surface area contributed by atoms with Gasteiger partial charge in [0, 0.05) is 17.4 Å². The molecule has 2 aromatic rings. The number of para-hydroxylation sites is 1. The van der Waals surface area contributed by atoms with Crippen LogP contribution in [0.4, 0.5) is 4.39 Å². The summed E-state index contributed by atoms with van der Waals surface area (Å²) in [4.78, 5) is 53.4. The molecule has 1 fully saturated rings. The Labute approximate surface area is 166 Å². The Morgan fingerprint density at radius 1 is 1.31 bits per heavy atom. The number of carbonyl (C=O) groups excluding carboxylic acids is 4. The second-order valence-corrected chi connectivity index (χ2v) is 6.87. The maximum Gasteiger partial charge on any atom is 0.308 e. The maximum absolute atomic E-state index is 12.9. The van der Waals surface area contributed by atoms with E-state index < -0.39 is 42.8 Å². The van der Waals surface area contributed by atoms with Crippen LogP contribution in [-0.4, -0.2) is 65.9 Å². The topological polar surface area (TPSA) is 109 Å². The van der Waals surface area contributed by atoms with E-state index in [-0.39, 0.29) is 5.91 Å². The van der Waals surface area contributed by atoms with Crippen molar-refractivity contribution in [2.75, 3.05) is 20.3 Å². The molecule has 29 heavy (non-hydrogen) atoms. The van der Waals surface area contributed by atoms with Gasteiger partial charge in [0.05, 0.1) is 13.5 Å². The summed E-state index contributed by atoms with van der Waals surface area (Å²) < 4.78 is 17.3. The fourth-order valence-electron chi connectivity index (χ4n) is 3.48. The molecule has 1 saturated heterocycles. The number of benzene rings is 1. The summed E-state index contributed by atoms with van der Waals surface area (Å²) in [6.45, 7) is -0.935. The van der Waals surface area contributed by atoms with Crippen LogP contribution in [0.25, 0.3) is 10.9 Å². The van der Waals surface area contributed by atoms with Gasteiger partial charge in [-0.3, -0.25) is 19.2 Å². The Hall–Kier alpha value is -3.23. The highest BCUT2D eigenvalue weighted by Gasteiger charge is 2.37. The number of aromatic amines is 1. The highest BCUT2D eigenvalue weighted by Crippen LogP contribution is 2.22. The number of ether oxygens (including phenoxy) is 1. The maximum atomic E-state index is 12.9. The molecule has 1 aliphatic heterocycles. The number of likely N-dealkylation sites (tertiary alicyclic amines) is 1. The van der Waals surface area contributed by atoms with Crippen LogP contribution >= 0.6 is 0 Å². The number of nitrogens with one attached hydrogen (secondary N) is 2. The Bertz CT molecular complexity index is 908. The number of fused-ring (bicyclic) bond motifs is 1. The summed E-state index contributed by atoms with van der Waals surface area (Å²) >= 11 is 0. The standard InChI is InChI=1S/C20H22FN3O5/c1-29-18(26)10-14(17(25)11-21)23-19(27)16-7-4-8-24(16)20(28)15-9-12-5-2-3-6-13(12)22-15/h2-3,5-6,9,14,16,22H,4,7-8,10-11H2,1H3,(H,23,27)/t14-,16-/m0/s1. The van der Waals surface area contributed by atoms with Crippen LogP contribution in [0.3, 0.4) is 0 Å². The molecule has 0 unspecified atom stereocenters. The largest absolute Gasteiger partial charge is 0.469 e. The van der Waals surface area contributed by atoms with E-state index in [1.165, 1.54) is 4.90 Å². The van der Waals surface area contributed by atoms with Gasteiger partial charge in [-0.1, -0.05) is 18.2 Å². The molecule has 1 aromatic heterocycles. The molecule has 0 bridgehead atoms. The number of Topliss-reactive ketones (excluding diaryl/α,β-unsaturated/α-hetero) is 1. The number of carbonyl (C=O) groups is 4. The van der Waals surface area contributed by atoms with Crippen molar-refractivity contribution >= 4 is 34.5 Å². The molecule has 9 heteroatoms. The van der Waals surface area contributed by atoms with Crippen molar-refractivity contribution in [3.8, 4) is 0 Å². The van der Waals surface area contributed by atoms with Crippen LogP contribution in [0.1, 0.15) is 29.8 Å². The van der Waals surface area contributed by atoms with Gasteiger partial charge in [-0.25, -0.2) is 4.39 Å². The number of ketones is 1. The first-order chi connectivity index (χ1) is 13.9. The highest BCUT2D eigenvalue weighted by molar-refractivity contribution is 6.01. The minimum absolute atomic E-state index is 0.333. The minimum Gasteiger partial charge on any atom is -0.469 e. The predicted octanol–water partition coefficient (Wildman–Crippen LogP) is 1.36. The van der Waals surface area contributed by atoms with E-state index in [1.54, 1.807) is 6.07 Å². The van der Waals surface area contributed by atoms with Crippen LogP contribution < -0.4 is 5.32 Å². The third-order valence-corrected chi connectivity index (χ3v) is 5.01. The van der Waals surface area contributed by atoms with Crippen LogP contribution in [0.15, 0.2) is 30.3 Å². The lowest BCUT2D eigenvalue weighted by molar-refractivity contribution is -0.143. The molecule has 0 aliphatic carbocycles. The molecule has 0 saturated carbocycles. The molecule has 154 valence electrons. The first-order valence-corrected chi connectivity index (χ1v) is 9.29. The van der Waals surface area contributed by atoms with Crippen LogP contribution in [0.2, 0.25) is 0 Å². The van der Waals surface area contributed by atoms with Gasteiger partial charge in [0.1, 0.15) is 24.5 Å². The van der Waals surface area contributed by atoms with Gasteiger partial charge in [0.25, 0.3) is 5.91 Å². The summed E-state index contributed by atoms with van der Waals surface area (Å²) in [5, 5.41) is 3.28. The second kappa shape index (κ2) is 8.85. The number of H-pyrrole nitrogens is 1. The number of hydrogen-bond donors (Lipinski definition) is 2. The van der Waals surface area contributed by atoms with E-state index in [0.717, 1.165) is 18.0 Å². The number of amides is 2. The fourth-order valence-corrected chi connectivity index (χ4v) is 3.48. The molecule has 3 rings (SSSR count). The third-order valence-electron chi connectivity index (χ3n) is 5.01. The number of esters is 1. The SMILES string of the molecule is COC(=O)C[C@H](NC(=O)[C@@H]1CCCN1C(=O)c1cc2ccccc2[nH]1)C(=O)CF. The van der Waals surface area contributed by atoms with Crippen molar-refractivity contribution in [2.45, 2.75) is 31.3 Å². The summed E-state index contributed by atoms with van der Waals surface area (Å²) in [5.41, 5.74) is 1.17. The van der Waals surface area contributed by atoms with E-state index in [9.17, 15) is 23.6 Å². The Morgan fingerprint density at radius 2 is 2.07 bits per heavy atom. The van der Waals surface area contributed by atoms with E-state index in [0.29, 0.717) is 25.1 Å². The molecule has 2 N–H and O–H groups in total. The molecule has 0 spiro atoms. The lowest BCUT2D eigenvalue weighted by Crippen LogP contribution is -2.51. The smallest absolute Gasteiger partial charge is 0.308 e. The summed E-state index contributed by atoms with van der Waals surface area (Å²) in [5.74, 6) is -2.59. The van der Waals surface area contributed by atoms with Gasteiger partial charge in [-0.15, -0.1) is 0 Å². The minimum atomic E-state index is -1.33. The van der Waals surface area contributed by atoms with Gasteiger partial charge in [-0.05, 0) is 25.0 Å². The number of alkyl halides is 1. The molecule has 2 atom stereocenters. The number of hydrogen-bond acceptors (Lipinski definition) is 5. The predicted molar refractivity (Wildman–Crippen MR) is 102 cm³/mol. The molecular weight excluding hydrogens is 381 g/mol. The van der Waals surface area contributed by atoms with E-state index in [4.69, 9.17) is 0 Å². The highest BCUT2D eigenvalue weighted by atomic mass is 19.1. The summed E-state index contributed by atoms with van der Waals surface area (Å²) in [6.07, 6.45) is 0.559. The molecular formula is C20H22FN3O5. The quantitative estimate of drug-likeness (QED) is 0.679. The molecule has 1 aliphatic rings. The summed E-state index contributed by atoms with van der Waals surface area (Å²) in [6, 6.07) is 7.02. The lowest BCUT2D eigenvalue weighted by atomic mass is 10.1. The molecule has 0 radical (unpaired) electrons. The number of aromatic nitrogens is 1. The first-order valence-electron chi connectivity index (χ1n) is 9.29. The number of methoxy groups -OCH3 is 1. The monoisotopic (exact) mass is 403 g/mol. The van der Waals surface area contributed by atoms with Gasteiger partial charge >= 0.3 is 5.97 Å². The average molecular weight is 403 g/mol. The van der Waals surface area contributed by atoms with Crippen molar-refractivity contribution in [1.82, 2.24) is 15.2 Å². The second-order valence-electron chi connectivity index (χ2n) is 6.87. The van der Waals surface area contributed by atoms with Gasteiger partial charge in [0.15, 0.2) is 5.78 Å². The zero-order valence-electron chi connectivity index (χ0n) is 15.9. The van der Waals surface area contributed by atoms with Crippen molar-refractivity contribution < 1.29 is 28.3 Å². The Balaban J connectivity index is 1.74. The van der Waals surface area contributed by atoms with Crippen LogP contribution in [0, 0.1) is 0 Å². The van der Waals surface area contributed by atoms with Crippen LogP contribution in [-0.2, 0) is 19.1 Å². The number of rotatable bonds is 7. The van der Waals surface area contributed by atoms with Gasteiger partial charge in [-0.2, -0.15) is 0 Å². The van der Waals surface area contributed by atoms with Crippen molar-refractivity contribution in [1.29, 1.82) is 0 Å². The zero-order chi connectivity index (χ0) is 21.0. The number of halogens is 1. The van der Waals surface area contributed by atoms with E-state index >= 15 is 0 Å². The molecule has 8 nitrogen and oxygen atoms in total. The van der Waals surface area contributed by atoms with Crippen molar-refractivity contribution in [3.63, 3.8) is 0 Å². The van der Waals surface area contributed by atoms with Crippen molar-refractivity contribution in [2.24, 2.45) is 0 Å².